The molecule has 3 fully saturated rings. The van der Waals surface area contributed by atoms with E-state index in [9.17, 15) is 18.0 Å². The highest BCUT2D eigenvalue weighted by Crippen LogP contribution is 2.46. The molecule has 1 aliphatic carbocycles. The first-order chi connectivity index (χ1) is 16.7. The molecule has 1 unspecified atom stereocenters. The second kappa shape index (κ2) is 9.20. The van der Waals surface area contributed by atoms with Gasteiger partial charge < -0.3 is 19.9 Å². The van der Waals surface area contributed by atoms with Gasteiger partial charge in [0.15, 0.2) is 0 Å². The molecule has 2 aliphatic heterocycles. The highest BCUT2D eigenvalue weighted by molar-refractivity contribution is 5.93. The third kappa shape index (κ3) is 4.46. The van der Waals surface area contributed by atoms with Crippen LogP contribution in [0.25, 0.3) is 10.9 Å². The van der Waals surface area contributed by atoms with Gasteiger partial charge >= 0.3 is 6.18 Å². The number of nitrogens with zero attached hydrogens (tertiary/aromatic N) is 4. The van der Waals surface area contributed by atoms with Crippen molar-refractivity contribution in [3.8, 4) is 0 Å². The summed E-state index contributed by atoms with van der Waals surface area (Å²) in [5.74, 6) is 1.58. The molecule has 190 valence electrons. The van der Waals surface area contributed by atoms with Crippen LogP contribution in [-0.4, -0.2) is 77.2 Å². The Balaban J connectivity index is 1.34. The highest BCUT2D eigenvalue weighted by atomic mass is 19.4. The summed E-state index contributed by atoms with van der Waals surface area (Å²) in [5, 5.41) is 3.40. The molecule has 7 nitrogen and oxygen atoms in total. The smallest absolute Gasteiger partial charge is 0.384 e. The molecular weight excluding hydrogens is 459 g/mol. The lowest BCUT2D eigenvalue weighted by Crippen LogP contribution is -2.45. The van der Waals surface area contributed by atoms with Crippen molar-refractivity contribution in [2.45, 2.75) is 51.0 Å². The van der Waals surface area contributed by atoms with Gasteiger partial charge in [0.25, 0.3) is 0 Å². The number of ether oxygens (including phenoxy) is 1. The van der Waals surface area contributed by atoms with Gasteiger partial charge in [0.1, 0.15) is 18.2 Å². The van der Waals surface area contributed by atoms with Crippen LogP contribution in [0.2, 0.25) is 0 Å². The van der Waals surface area contributed by atoms with Gasteiger partial charge in [0, 0.05) is 50.1 Å². The van der Waals surface area contributed by atoms with E-state index in [-0.39, 0.29) is 29.1 Å². The van der Waals surface area contributed by atoms with E-state index in [1.165, 1.54) is 12.4 Å². The molecule has 1 saturated carbocycles. The molecule has 2 saturated heterocycles. The summed E-state index contributed by atoms with van der Waals surface area (Å²) >= 11 is 0. The molecule has 5 rings (SSSR count). The zero-order valence-electron chi connectivity index (χ0n) is 20.3. The molecule has 3 heterocycles. The lowest BCUT2D eigenvalue weighted by Gasteiger charge is -2.33. The zero-order chi connectivity index (χ0) is 24.9. The molecular formula is C25H32F3N5O2. The van der Waals surface area contributed by atoms with Crippen LogP contribution in [0.3, 0.4) is 0 Å². The molecule has 5 atom stereocenters. The number of carbonyl (C=O) groups excluding carboxylic acids is 1. The van der Waals surface area contributed by atoms with E-state index in [4.69, 9.17) is 4.74 Å². The molecule has 3 aliphatic rings. The quantitative estimate of drug-likeness (QED) is 0.665. The van der Waals surface area contributed by atoms with Crippen molar-refractivity contribution in [2.24, 2.45) is 17.8 Å². The number of hydrogen-bond acceptors (Lipinski definition) is 6. The van der Waals surface area contributed by atoms with Crippen molar-refractivity contribution in [2.75, 3.05) is 38.7 Å². The van der Waals surface area contributed by atoms with Crippen molar-refractivity contribution < 1.29 is 22.7 Å². The van der Waals surface area contributed by atoms with Gasteiger partial charge in [0.05, 0.1) is 17.7 Å². The maximum atomic E-state index is 13.5. The van der Waals surface area contributed by atoms with E-state index in [0.717, 1.165) is 31.6 Å². The molecule has 1 amide bonds. The minimum atomic E-state index is -4.47. The van der Waals surface area contributed by atoms with E-state index in [1.807, 2.05) is 4.90 Å². The largest absolute Gasteiger partial charge is 0.416 e. The summed E-state index contributed by atoms with van der Waals surface area (Å²) in [6.45, 7) is 7.77. The van der Waals surface area contributed by atoms with Gasteiger partial charge in [0.2, 0.25) is 5.91 Å². The van der Waals surface area contributed by atoms with Gasteiger partial charge in [-0.2, -0.15) is 13.2 Å². The molecule has 0 spiro atoms. The minimum absolute atomic E-state index is 0.0180. The van der Waals surface area contributed by atoms with Gasteiger partial charge in [-0.05, 0) is 56.7 Å². The zero-order valence-corrected chi connectivity index (χ0v) is 20.3. The van der Waals surface area contributed by atoms with E-state index in [1.54, 1.807) is 7.11 Å². The molecule has 2 aromatic rings. The van der Waals surface area contributed by atoms with Crippen LogP contribution in [0.5, 0.6) is 0 Å². The van der Waals surface area contributed by atoms with Gasteiger partial charge in [-0.1, -0.05) is 0 Å². The van der Waals surface area contributed by atoms with Crippen LogP contribution in [0, 0.1) is 17.8 Å². The number of carbonyl (C=O) groups is 1. The first-order valence-electron chi connectivity index (χ1n) is 12.3. The number of rotatable bonds is 6. The fourth-order valence-corrected chi connectivity index (χ4v) is 6.32. The Bertz CT molecular complexity index is 1090. The predicted molar refractivity (Wildman–Crippen MR) is 126 cm³/mol. The maximum absolute atomic E-state index is 13.5. The summed E-state index contributed by atoms with van der Waals surface area (Å²) in [6, 6.07) is 3.48. The number of methoxy groups -OCH3 is 1. The number of fused-ring (bicyclic) bond motifs is 2. The first kappa shape index (κ1) is 24.2. The maximum Gasteiger partial charge on any atom is 0.416 e. The Morgan fingerprint density at radius 1 is 1.23 bits per heavy atom. The Morgan fingerprint density at radius 3 is 2.74 bits per heavy atom. The summed E-state index contributed by atoms with van der Waals surface area (Å²) in [7, 11) is 1.71. The summed E-state index contributed by atoms with van der Waals surface area (Å²) in [5.41, 5.74) is -0.367. The number of amides is 1. The number of benzene rings is 1. The summed E-state index contributed by atoms with van der Waals surface area (Å²) < 4.78 is 45.4. The topological polar surface area (TPSA) is 70.6 Å². The first-order valence-corrected chi connectivity index (χ1v) is 12.3. The standard InChI is InChI=1S/C25H32F3N5O2/c1-14(2)32-10-15-8-22(19(12-35-3)18(15)11-32)33-7-6-21(24(33)34)31-23-17-9-16(25(26,27)28)4-5-20(17)29-13-30-23/h4-5,9,13-15,18-19,21-22H,6-8,10-12H2,1-3H3,(H,29,30,31)/t15-,18+,19+,21?,22-/m0/s1. The van der Waals surface area contributed by atoms with Crippen LogP contribution in [-0.2, 0) is 15.7 Å². The Morgan fingerprint density at radius 2 is 2.03 bits per heavy atom. The third-order valence-corrected chi connectivity index (χ3v) is 8.11. The lowest BCUT2D eigenvalue weighted by atomic mass is 9.91. The van der Waals surface area contributed by atoms with Crippen LogP contribution in [0.15, 0.2) is 24.5 Å². The van der Waals surface area contributed by atoms with E-state index in [2.05, 4.69) is 34.0 Å². The fourth-order valence-electron chi connectivity index (χ4n) is 6.32. The van der Waals surface area contributed by atoms with Crippen molar-refractivity contribution in [3.63, 3.8) is 0 Å². The van der Waals surface area contributed by atoms with Crippen molar-refractivity contribution >= 4 is 22.6 Å². The molecule has 1 aromatic carbocycles. The average Bonchev–Trinajstić information content (AvgIpc) is 3.47. The van der Waals surface area contributed by atoms with Gasteiger partial charge in [-0.25, -0.2) is 9.97 Å². The summed E-state index contributed by atoms with van der Waals surface area (Å²) in [6.07, 6.45) is -1.62. The third-order valence-electron chi connectivity index (χ3n) is 8.11. The van der Waals surface area contributed by atoms with Crippen LogP contribution >= 0.6 is 0 Å². The van der Waals surface area contributed by atoms with Crippen molar-refractivity contribution in [3.05, 3.63) is 30.1 Å². The van der Waals surface area contributed by atoms with E-state index >= 15 is 0 Å². The van der Waals surface area contributed by atoms with E-state index in [0.29, 0.717) is 43.0 Å². The van der Waals surface area contributed by atoms with Crippen molar-refractivity contribution in [1.29, 1.82) is 0 Å². The predicted octanol–water partition coefficient (Wildman–Crippen LogP) is 3.65. The number of hydrogen-bond donors (Lipinski definition) is 1. The Kier molecular flexibility index (Phi) is 6.37. The second-order valence-electron chi connectivity index (χ2n) is 10.4. The van der Waals surface area contributed by atoms with Gasteiger partial charge in [-0.15, -0.1) is 0 Å². The molecule has 1 aromatic heterocycles. The number of anilines is 1. The molecule has 0 bridgehead atoms. The highest BCUT2D eigenvalue weighted by Gasteiger charge is 2.52. The van der Waals surface area contributed by atoms with Crippen LogP contribution in [0.1, 0.15) is 32.3 Å². The summed E-state index contributed by atoms with van der Waals surface area (Å²) in [4.78, 5) is 26.2. The number of nitrogens with one attached hydrogen (secondary N) is 1. The number of alkyl halides is 3. The SMILES string of the molecule is COC[C@@H]1[C@@H]2CN(C(C)C)C[C@@H]2C[C@@H]1N1CCC(Nc2ncnc3ccc(C(F)(F)F)cc23)C1=O. The Labute approximate surface area is 203 Å². The minimum Gasteiger partial charge on any atom is -0.384 e. The van der Waals surface area contributed by atoms with E-state index < -0.39 is 17.8 Å². The van der Waals surface area contributed by atoms with Crippen molar-refractivity contribution in [1.82, 2.24) is 19.8 Å². The van der Waals surface area contributed by atoms with Crippen LogP contribution < -0.4 is 5.32 Å². The fraction of sp³-hybridized carbons (Fsp3) is 0.640. The Hall–Kier alpha value is -2.46. The number of halogens is 3. The number of aromatic nitrogens is 2. The molecule has 0 radical (unpaired) electrons. The monoisotopic (exact) mass is 491 g/mol. The number of likely N-dealkylation sites (tertiary alicyclic amines) is 2. The normalized spacial score (nSPS) is 29.5. The lowest BCUT2D eigenvalue weighted by molar-refractivity contribution is -0.137. The average molecular weight is 492 g/mol. The van der Waals surface area contributed by atoms with Crippen LogP contribution in [0.4, 0.5) is 19.0 Å². The molecule has 10 heteroatoms. The molecule has 1 N–H and O–H groups in total. The van der Waals surface area contributed by atoms with Gasteiger partial charge in [-0.3, -0.25) is 4.79 Å². The second-order valence-corrected chi connectivity index (χ2v) is 10.4. The molecule has 35 heavy (non-hydrogen) atoms.